The third-order valence-electron chi connectivity index (χ3n) is 7.02. The van der Waals surface area contributed by atoms with Crippen molar-refractivity contribution in [3.63, 3.8) is 0 Å². The summed E-state index contributed by atoms with van der Waals surface area (Å²) in [5.41, 5.74) is 7.40. The summed E-state index contributed by atoms with van der Waals surface area (Å²) in [6, 6.07) is 33.8. The molecule has 0 aliphatic carbocycles. The summed E-state index contributed by atoms with van der Waals surface area (Å²) in [7, 11) is -4.01. The Morgan fingerprint density at radius 1 is 0.814 bits per heavy atom. The summed E-state index contributed by atoms with van der Waals surface area (Å²) >= 11 is 0. The molecule has 0 saturated heterocycles. The molecule has 0 radical (unpaired) electrons. The molecule has 218 valence electrons. The van der Waals surface area contributed by atoms with Gasteiger partial charge >= 0.3 is 0 Å². The van der Waals surface area contributed by atoms with Crippen molar-refractivity contribution in [2.45, 2.75) is 32.3 Å². The second-order valence-electron chi connectivity index (χ2n) is 10.4. The van der Waals surface area contributed by atoms with Gasteiger partial charge in [-0.15, -0.1) is 0 Å². The van der Waals surface area contributed by atoms with Crippen molar-refractivity contribution in [3.8, 4) is 5.75 Å². The van der Waals surface area contributed by atoms with E-state index >= 15 is 0 Å². The first-order chi connectivity index (χ1) is 20.7. The van der Waals surface area contributed by atoms with Crippen LogP contribution in [0.4, 0.5) is 5.69 Å². The van der Waals surface area contributed by atoms with E-state index in [1.165, 1.54) is 17.0 Å². The molecule has 5 rings (SSSR count). The number of fused-ring (bicyclic) bond motifs is 1. The molecule has 0 bridgehead atoms. The molecule has 43 heavy (non-hydrogen) atoms. The standard InChI is InChI=1S/C35H33N3O4S/c1-25-8-17-33(18-9-25)43(40,41)38(34-19-10-26(2)20-27(34)3)23-35(39)37-36-22-28-12-15-32(16-13-28)42-24-29-11-14-30-6-4-5-7-31(30)21-29/h4-22H,23-24H2,1-3H3,(H,37,39)/b36-22-. The molecule has 0 aliphatic rings. The molecular weight excluding hydrogens is 558 g/mol. The maximum absolute atomic E-state index is 13.6. The number of aryl methyl sites for hydroxylation is 3. The number of ether oxygens (including phenoxy) is 1. The van der Waals surface area contributed by atoms with Gasteiger partial charge in [0.05, 0.1) is 16.8 Å². The molecule has 7 nitrogen and oxygen atoms in total. The fourth-order valence-electron chi connectivity index (χ4n) is 4.71. The first-order valence-electron chi connectivity index (χ1n) is 13.9. The molecule has 0 saturated carbocycles. The van der Waals surface area contributed by atoms with Crippen molar-refractivity contribution in [1.82, 2.24) is 5.43 Å². The van der Waals surface area contributed by atoms with Gasteiger partial charge in [0.15, 0.2) is 0 Å². The normalized spacial score (nSPS) is 11.5. The number of hydrazone groups is 1. The Hall–Kier alpha value is -4.95. The number of anilines is 1. The van der Waals surface area contributed by atoms with E-state index in [4.69, 9.17) is 4.74 Å². The Morgan fingerprint density at radius 2 is 1.51 bits per heavy atom. The summed E-state index contributed by atoms with van der Waals surface area (Å²) in [5.74, 6) is 0.141. The molecule has 1 amide bonds. The van der Waals surface area contributed by atoms with Crippen LogP contribution in [0.15, 0.2) is 119 Å². The Balaban J connectivity index is 1.23. The topological polar surface area (TPSA) is 88.1 Å². The van der Waals surface area contributed by atoms with Crippen LogP contribution in [-0.4, -0.2) is 27.1 Å². The highest BCUT2D eigenvalue weighted by Crippen LogP contribution is 2.28. The molecule has 5 aromatic carbocycles. The van der Waals surface area contributed by atoms with E-state index in [1.807, 2.05) is 69.3 Å². The summed E-state index contributed by atoms with van der Waals surface area (Å²) < 4.78 is 34.3. The summed E-state index contributed by atoms with van der Waals surface area (Å²) in [4.78, 5) is 13.0. The zero-order valence-electron chi connectivity index (χ0n) is 24.3. The maximum atomic E-state index is 13.6. The van der Waals surface area contributed by atoms with Crippen molar-refractivity contribution in [3.05, 3.63) is 137 Å². The molecular formula is C35H33N3O4S. The lowest BCUT2D eigenvalue weighted by atomic mass is 10.1. The monoisotopic (exact) mass is 591 g/mol. The third-order valence-corrected chi connectivity index (χ3v) is 8.79. The summed E-state index contributed by atoms with van der Waals surface area (Å²) in [6.07, 6.45) is 1.50. The van der Waals surface area contributed by atoms with Crippen LogP contribution in [0.1, 0.15) is 27.8 Å². The Labute approximate surface area is 252 Å². The van der Waals surface area contributed by atoms with Gasteiger partial charge in [0.2, 0.25) is 0 Å². The van der Waals surface area contributed by atoms with E-state index in [-0.39, 0.29) is 4.90 Å². The number of nitrogens with zero attached hydrogens (tertiary/aromatic N) is 2. The van der Waals surface area contributed by atoms with Crippen molar-refractivity contribution in [2.75, 3.05) is 10.8 Å². The molecule has 0 atom stereocenters. The molecule has 0 aromatic heterocycles. The Kier molecular flexibility index (Phi) is 8.87. The number of rotatable bonds is 10. The van der Waals surface area contributed by atoms with Gasteiger partial charge in [-0.2, -0.15) is 5.10 Å². The number of hydrogen-bond acceptors (Lipinski definition) is 5. The van der Waals surface area contributed by atoms with Crippen molar-refractivity contribution < 1.29 is 17.9 Å². The number of amides is 1. The van der Waals surface area contributed by atoms with Gasteiger partial charge in [-0.1, -0.05) is 71.8 Å². The van der Waals surface area contributed by atoms with E-state index in [9.17, 15) is 13.2 Å². The van der Waals surface area contributed by atoms with Crippen LogP contribution < -0.4 is 14.5 Å². The smallest absolute Gasteiger partial charge is 0.264 e. The molecule has 0 aliphatic heterocycles. The molecule has 0 heterocycles. The van der Waals surface area contributed by atoms with Crippen molar-refractivity contribution >= 4 is 38.6 Å². The molecule has 0 unspecified atom stereocenters. The fourth-order valence-corrected chi connectivity index (χ4v) is 6.20. The summed E-state index contributed by atoms with van der Waals surface area (Å²) in [5, 5.41) is 6.41. The van der Waals surface area contributed by atoms with Gasteiger partial charge in [-0.3, -0.25) is 9.10 Å². The number of sulfonamides is 1. The Bertz CT molecular complexity index is 1880. The zero-order valence-corrected chi connectivity index (χ0v) is 25.1. The van der Waals surface area contributed by atoms with Gasteiger partial charge in [0, 0.05) is 0 Å². The predicted molar refractivity (Wildman–Crippen MR) is 172 cm³/mol. The quantitative estimate of drug-likeness (QED) is 0.145. The third kappa shape index (κ3) is 7.28. The minimum atomic E-state index is -4.01. The van der Waals surface area contributed by atoms with Gasteiger partial charge in [-0.25, -0.2) is 13.8 Å². The van der Waals surface area contributed by atoms with Gasteiger partial charge in [0.1, 0.15) is 18.9 Å². The number of hydrogen-bond donors (Lipinski definition) is 1. The first-order valence-corrected chi connectivity index (χ1v) is 15.3. The molecule has 1 N–H and O–H groups in total. The highest BCUT2D eigenvalue weighted by molar-refractivity contribution is 7.92. The predicted octanol–water partition coefficient (Wildman–Crippen LogP) is 6.69. The number of benzene rings is 5. The molecule has 0 spiro atoms. The first kappa shape index (κ1) is 29.5. The highest BCUT2D eigenvalue weighted by atomic mass is 32.2. The van der Waals surface area contributed by atoms with Crippen LogP contribution in [-0.2, 0) is 21.4 Å². The lowest BCUT2D eigenvalue weighted by Gasteiger charge is -2.25. The highest BCUT2D eigenvalue weighted by Gasteiger charge is 2.28. The van der Waals surface area contributed by atoms with Crippen LogP contribution in [0.2, 0.25) is 0 Å². The van der Waals surface area contributed by atoms with E-state index in [0.717, 1.165) is 32.1 Å². The Morgan fingerprint density at radius 3 is 2.23 bits per heavy atom. The minimum Gasteiger partial charge on any atom is -0.489 e. The number of carbonyl (C=O) groups is 1. The number of nitrogens with one attached hydrogen (secondary N) is 1. The van der Waals surface area contributed by atoms with Crippen LogP contribution in [0.25, 0.3) is 10.8 Å². The van der Waals surface area contributed by atoms with Crippen molar-refractivity contribution in [1.29, 1.82) is 0 Å². The van der Waals surface area contributed by atoms with E-state index in [2.05, 4.69) is 40.9 Å². The van der Waals surface area contributed by atoms with Crippen LogP contribution >= 0.6 is 0 Å². The minimum absolute atomic E-state index is 0.109. The van der Waals surface area contributed by atoms with E-state index in [0.29, 0.717) is 18.0 Å². The summed E-state index contributed by atoms with van der Waals surface area (Å²) in [6.45, 7) is 5.65. The fraction of sp³-hybridized carbons (Fsp3) is 0.143. The van der Waals surface area contributed by atoms with Crippen LogP contribution in [0.3, 0.4) is 0 Å². The second kappa shape index (κ2) is 12.9. The van der Waals surface area contributed by atoms with E-state index in [1.54, 1.807) is 30.3 Å². The SMILES string of the molecule is Cc1ccc(S(=O)(=O)N(CC(=O)N/N=C\c2ccc(OCc3ccc4ccccc4c3)cc2)c2ccc(C)cc2C)cc1. The van der Waals surface area contributed by atoms with Crippen LogP contribution in [0.5, 0.6) is 5.75 Å². The van der Waals surface area contributed by atoms with Crippen LogP contribution in [0, 0.1) is 20.8 Å². The van der Waals surface area contributed by atoms with Gasteiger partial charge in [-0.05, 0) is 96.8 Å². The van der Waals surface area contributed by atoms with Gasteiger partial charge < -0.3 is 4.74 Å². The van der Waals surface area contributed by atoms with E-state index < -0.39 is 22.5 Å². The van der Waals surface area contributed by atoms with Gasteiger partial charge in [0.25, 0.3) is 15.9 Å². The molecule has 5 aromatic rings. The molecule has 0 fully saturated rings. The lowest BCUT2D eigenvalue weighted by molar-refractivity contribution is -0.119. The lowest BCUT2D eigenvalue weighted by Crippen LogP contribution is -2.40. The average molecular weight is 592 g/mol. The number of carbonyl (C=O) groups excluding carboxylic acids is 1. The molecule has 8 heteroatoms. The van der Waals surface area contributed by atoms with Crippen molar-refractivity contribution in [2.24, 2.45) is 5.10 Å². The second-order valence-corrected chi connectivity index (χ2v) is 12.3. The average Bonchev–Trinajstić information content (AvgIpc) is 3.00. The zero-order chi connectivity index (χ0) is 30.4. The largest absolute Gasteiger partial charge is 0.489 e. The maximum Gasteiger partial charge on any atom is 0.264 e.